The normalized spacial score (nSPS) is 18.1. The van der Waals surface area contributed by atoms with Crippen LogP contribution in [0.25, 0.3) is 0 Å². The van der Waals surface area contributed by atoms with Crippen molar-refractivity contribution in [3.63, 3.8) is 0 Å². The van der Waals surface area contributed by atoms with Gasteiger partial charge in [0, 0.05) is 19.1 Å². The standard InChI is InChI=1S/C14H17ClFNO2/c1-10-3-2-4-11(12(10)16)13(18)17-14(9-15)5-7-19-8-6-14/h2-4H,5-9H2,1H3,(H,17,18). The highest BCUT2D eigenvalue weighted by atomic mass is 35.5. The second kappa shape index (κ2) is 5.88. The number of rotatable bonds is 3. The first-order valence-corrected chi connectivity index (χ1v) is 6.83. The highest BCUT2D eigenvalue weighted by Crippen LogP contribution is 2.23. The van der Waals surface area contributed by atoms with Gasteiger partial charge < -0.3 is 10.1 Å². The Hall–Kier alpha value is -1.13. The minimum Gasteiger partial charge on any atom is -0.381 e. The Bertz CT molecular complexity index is 473. The van der Waals surface area contributed by atoms with E-state index in [4.69, 9.17) is 16.3 Å². The smallest absolute Gasteiger partial charge is 0.254 e. The Morgan fingerprint density at radius 3 is 2.79 bits per heavy atom. The molecule has 0 bridgehead atoms. The Labute approximate surface area is 117 Å². The summed E-state index contributed by atoms with van der Waals surface area (Å²) >= 11 is 5.98. The number of aryl methyl sites for hydroxylation is 1. The summed E-state index contributed by atoms with van der Waals surface area (Å²) in [5.41, 5.74) is 0.0307. The first-order valence-electron chi connectivity index (χ1n) is 6.29. The molecule has 0 spiro atoms. The molecule has 3 nitrogen and oxygen atoms in total. The minimum atomic E-state index is -0.493. The molecule has 0 radical (unpaired) electrons. The third-order valence-corrected chi connectivity index (χ3v) is 4.03. The van der Waals surface area contributed by atoms with E-state index in [0.29, 0.717) is 37.5 Å². The van der Waals surface area contributed by atoms with Crippen molar-refractivity contribution in [3.05, 3.63) is 35.1 Å². The molecule has 104 valence electrons. The van der Waals surface area contributed by atoms with Gasteiger partial charge in [-0.25, -0.2) is 4.39 Å². The van der Waals surface area contributed by atoms with Crippen molar-refractivity contribution in [2.45, 2.75) is 25.3 Å². The largest absolute Gasteiger partial charge is 0.381 e. The van der Waals surface area contributed by atoms with E-state index >= 15 is 0 Å². The Kier molecular flexibility index (Phi) is 4.42. The quantitative estimate of drug-likeness (QED) is 0.867. The number of hydrogen-bond donors (Lipinski definition) is 1. The first kappa shape index (κ1) is 14.3. The molecule has 1 aliphatic heterocycles. The summed E-state index contributed by atoms with van der Waals surface area (Å²) < 4.78 is 19.2. The number of halogens is 2. The molecule has 2 rings (SSSR count). The van der Waals surface area contributed by atoms with Crippen LogP contribution in [0.1, 0.15) is 28.8 Å². The maximum absolute atomic E-state index is 13.9. The van der Waals surface area contributed by atoms with Crippen LogP contribution >= 0.6 is 11.6 Å². The van der Waals surface area contributed by atoms with Gasteiger partial charge in [-0.15, -0.1) is 11.6 Å². The van der Waals surface area contributed by atoms with Gasteiger partial charge in [-0.1, -0.05) is 12.1 Å². The van der Waals surface area contributed by atoms with Crippen LogP contribution in [0.3, 0.4) is 0 Å². The molecule has 1 aromatic carbocycles. The van der Waals surface area contributed by atoms with Gasteiger partial charge in [0.15, 0.2) is 0 Å². The highest BCUT2D eigenvalue weighted by molar-refractivity contribution is 6.19. The van der Waals surface area contributed by atoms with Gasteiger partial charge in [-0.2, -0.15) is 0 Å². The lowest BCUT2D eigenvalue weighted by molar-refractivity contribution is 0.0432. The maximum Gasteiger partial charge on any atom is 0.254 e. The summed E-state index contributed by atoms with van der Waals surface area (Å²) in [5, 5.41) is 2.88. The summed E-state index contributed by atoms with van der Waals surface area (Å²) in [6.45, 7) is 2.75. The van der Waals surface area contributed by atoms with Gasteiger partial charge in [-0.05, 0) is 31.4 Å². The van der Waals surface area contributed by atoms with Gasteiger partial charge in [0.05, 0.1) is 11.1 Å². The molecule has 1 amide bonds. The predicted octanol–water partition coefficient (Wildman–Crippen LogP) is 2.65. The number of nitrogens with one attached hydrogen (secondary N) is 1. The van der Waals surface area contributed by atoms with E-state index in [1.807, 2.05) is 0 Å². The number of amides is 1. The van der Waals surface area contributed by atoms with Crippen molar-refractivity contribution < 1.29 is 13.9 Å². The zero-order valence-corrected chi connectivity index (χ0v) is 11.6. The highest BCUT2D eigenvalue weighted by Gasteiger charge is 2.34. The van der Waals surface area contributed by atoms with Gasteiger partial charge in [0.2, 0.25) is 0 Å². The molecule has 19 heavy (non-hydrogen) atoms. The second-order valence-corrected chi connectivity index (χ2v) is 5.18. The third kappa shape index (κ3) is 3.07. The van der Waals surface area contributed by atoms with Crippen LogP contribution in [0.15, 0.2) is 18.2 Å². The lowest BCUT2D eigenvalue weighted by Crippen LogP contribution is -2.53. The van der Waals surface area contributed by atoms with Crippen molar-refractivity contribution >= 4 is 17.5 Å². The molecular formula is C14H17ClFNO2. The molecule has 0 saturated carbocycles. The van der Waals surface area contributed by atoms with E-state index in [2.05, 4.69) is 5.32 Å². The summed E-state index contributed by atoms with van der Waals surface area (Å²) in [6, 6.07) is 4.79. The lowest BCUT2D eigenvalue weighted by atomic mass is 9.91. The van der Waals surface area contributed by atoms with Crippen molar-refractivity contribution in [3.8, 4) is 0 Å². The zero-order valence-electron chi connectivity index (χ0n) is 10.8. The van der Waals surface area contributed by atoms with Gasteiger partial charge >= 0.3 is 0 Å². The third-order valence-electron chi connectivity index (χ3n) is 3.52. The first-order chi connectivity index (χ1) is 9.08. The van der Waals surface area contributed by atoms with E-state index in [1.165, 1.54) is 6.07 Å². The summed E-state index contributed by atoms with van der Waals surface area (Å²) in [7, 11) is 0. The lowest BCUT2D eigenvalue weighted by Gasteiger charge is -2.36. The van der Waals surface area contributed by atoms with Crippen molar-refractivity contribution in [1.82, 2.24) is 5.32 Å². The number of carbonyl (C=O) groups is 1. The van der Waals surface area contributed by atoms with Crippen LogP contribution in [0.4, 0.5) is 4.39 Å². The van der Waals surface area contributed by atoms with Crippen LogP contribution in [0, 0.1) is 12.7 Å². The molecule has 5 heteroatoms. The molecule has 1 aliphatic rings. The number of benzene rings is 1. The van der Waals surface area contributed by atoms with Crippen molar-refractivity contribution in [1.29, 1.82) is 0 Å². The number of hydrogen-bond acceptors (Lipinski definition) is 2. The SMILES string of the molecule is Cc1cccc(C(=O)NC2(CCl)CCOCC2)c1F. The number of ether oxygens (including phenoxy) is 1. The predicted molar refractivity (Wildman–Crippen MR) is 72.1 cm³/mol. The van der Waals surface area contributed by atoms with Crippen LogP contribution in [0.2, 0.25) is 0 Å². The summed E-state index contributed by atoms with van der Waals surface area (Å²) in [5.74, 6) is -0.587. The van der Waals surface area contributed by atoms with Crippen LogP contribution in [0.5, 0.6) is 0 Å². The molecule has 1 fully saturated rings. The summed E-state index contributed by atoms with van der Waals surface area (Å²) in [4.78, 5) is 12.2. The average molecular weight is 286 g/mol. The van der Waals surface area contributed by atoms with E-state index in [9.17, 15) is 9.18 Å². The molecule has 1 aromatic rings. The molecular weight excluding hydrogens is 269 g/mol. The van der Waals surface area contributed by atoms with Gasteiger partial charge in [-0.3, -0.25) is 4.79 Å². The number of carbonyl (C=O) groups excluding carboxylic acids is 1. The number of alkyl halides is 1. The van der Waals surface area contributed by atoms with Crippen LogP contribution < -0.4 is 5.32 Å². The van der Waals surface area contributed by atoms with E-state index in [-0.39, 0.29) is 5.56 Å². The van der Waals surface area contributed by atoms with Crippen LogP contribution in [-0.2, 0) is 4.74 Å². The fourth-order valence-electron chi connectivity index (χ4n) is 2.19. The molecule has 0 aliphatic carbocycles. The van der Waals surface area contributed by atoms with Crippen LogP contribution in [-0.4, -0.2) is 30.5 Å². The van der Waals surface area contributed by atoms with Crippen molar-refractivity contribution in [2.24, 2.45) is 0 Å². The second-order valence-electron chi connectivity index (χ2n) is 4.92. The Morgan fingerprint density at radius 2 is 2.16 bits per heavy atom. The average Bonchev–Trinajstić information content (AvgIpc) is 2.42. The Morgan fingerprint density at radius 1 is 1.47 bits per heavy atom. The molecule has 0 atom stereocenters. The maximum atomic E-state index is 13.9. The van der Waals surface area contributed by atoms with Crippen molar-refractivity contribution in [2.75, 3.05) is 19.1 Å². The van der Waals surface area contributed by atoms with E-state index in [0.717, 1.165) is 0 Å². The molecule has 0 aromatic heterocycles. The minimum absolute atomic E-state index is 0.0657. The molecule has 1 saturated heterocycles. The molecule has 1 N–H and O–H groups in total. The molecule has 0 unspecified atom stereocenters. The van der Waals surface area contributed by atoms with E-state index < -0.39 is 17.3 Å². The monoisotopic (exact) mass is 285 g/mol. The molecule has 1 heterocycles. The van der Waals surface area contributed by atoms with E-state index in [1.54, 1.807) is 19.1 Å². The van der Waals surface area contributed by atoms with Gasteiger partial charge in [0.25, 0.3) is 5.91 Å². The Balaban J connectivity index is 2.17. The summed E-state index contributed by atoms with van der Waals surface area (Å²) in [6.07, 6.45) is 1.30. The zero-order chi connectivity index (χ0) is 13.9. The van der Waals surface area contributed by atoms with Gasteiger partial charge in [0.1, 0.15) is 5.82 Å². The fourth-order valence-corrected chi connectivity index (χ4v) is 2.52. The topological polar surface area (TPSA) is 38.3 Å². The fraction of sp³-hybridized carbons (Fsp3) is 0.500.